The Morgan fingerprint density at radius 2 is 1.82 bits per heavy atom. The van der Waals surface area contributed by atoms with Crippen molar-refractivity contribution in [3.05, 3.63) is 29.3 Å². The van der Waals surface area contributed by atoms with E-state index in [0.717, 1.165) is 16.9 Å². The lowest BCUT2D eigenvalue weighted by Gasteiger charge is -2.14. The monoisotopic (exact) mass is 237 g/mol. The van der Waals surface area contributed by atoms with Crippen LogP contribution in [0.5, 0.6) is 5.75 Å². The molecule has 0 aromatic heterocycles. The molecule has 1 aromatic rings. The third-order valence-corrected chi connectivity index (χ3v) is 2.40. The van der Waals surface area contributed by atoms with Gasteiger partial charge < -0.3 is 4.74 Å². The van der Waals surface area contributed by atoms with E-state index in [2.05, 4.69) is 6.07 Å². The first-order valence-electron chi connectivity index (χ1n) is 5.54. The van der Waals surface area contributed by atoms with Gasteiger partial charge in [0.15, 0.2) is 0 Å². The first-order valence-corrected chi connectivity index (χ1v) is 5.54. The van der Waals surface area contributed by atoms with Crippen LogP contribution in [0.4, 0.5) is 0 Å². The topological polar surface area (TPSA) is 38.8 Å². The number of carbonyl (C=O) groups excluding carboxylic acids is 1. The molecule has 0 spiro atoms. The number of aryl methyl sites for hydroxylation is 2. The van der Waals surface area contributed by atoms with Gasteiger partial charge in [0, 0.05) is 7.05 Å². The van der Waals surface area contributed by atoms with Gasteiger partial charge in [0.1, 0.15) is 5.75 Å². The molecular formula is C13H19NO3. The van der Waals surface area contributed by atoms with Crippen LogP contribution in [-0.4, -0.2) is 31.7 Å². The number of nitrogens with zero attached hydrogens (tertiary/aromatic N) is 1. The summed E-state index contributed by atoms with van der Waals surface area (Å²) in [5.74, 6) is 0.701. The molecule has 94 valence electrons. The molecule has 1 amide bonds. The summed E-state index contributed by atoms with van der Waals surface area (Å²) >= 11 is 0. The average molecular weight is 237 g/mol. The Labute approximate surface area is 102 Å². The van der Waals surface area contributed by atoms with Gasteiger partial charge in [-0.2, -0.15) is 0 Å². The van der Waals surface area contributed by atoms with Gasteiger partial charge in [-0.1, -0.05) is 6.07 Å². The van der Waals surface area contributed by atoms with E-state index in [0.29, 0.717) is 13.0 Å². The lowest BCUT2D eigenvalue weighted by atomic mass is 10.1. The van der Waals surface area contributed by atoms with Crippen LogP contribution in [-0.2, 0) is 9.63 Å². The summed E-state index contributed by atoms with van der Waals surface area (Å²) in [5.41, 5.74) is 2.31. The third kappa shape index (κ3) is 4.44. The molecule has 0 fully saturated rings. The number of hydrogen-bond acceptors (Lipinski definition) is 3. The minimum Gasteiger partial charge on any atom is -0.493 e. The highest BCUT2D eigenvalue weighted by Gasteiger charge is 2.07. The molecule has 0 bridgehead atoms. The van der Waals surface area contributed by atoms with Gasteiger partial charge >= 0.3 is 0 Å². The normalized spacial score (nSPS) is 10.1. The molecule has 0 N–H and O–H groups in total. The predicted octanol–water partition coefficient (Wildman–Crippen LogP) is 2.09. The van der Waals surface area contributed by atoms with Gasteiger partial charge in [0.2, 0.25) is 5.91 Å². The summed E-state index contributed by atoms with van der Waals surface area (Å²) in [4.78, 5) is 16.2. The van der Waals surface area contributed by atoms with Crippen molar-refractivity contribution in [1.29, 1.82) is 0 Å². The van der Waals surface area contributed by atoms with Crippen LogP contribution >= 0.6 is 0 Å². The number of amides is 1. The summed E-state index contributed by atoms with van der Waals surface area (Å²) < 4.78 is 5.53. The Morgan fingerprint density at radius 1 is 1.24 bits per heavy atom. The lowest BCUT2D eigenvalue weighted by molar-refractivity contribution is -0.169. The molecule has 0 aliphatic carbocycles. The van der Waals surface area contributed by atoms with E-state index in [1.54, 1.807) is 7.05 Å². The van der Waals surface area contributed by atoms with Crippen LogP contribution in [0.3, 0.4) is 0 Å². The molecule has 0 saturated carbocycles. The molecule has 0 aliphatic heterocycles. The molecule has 1 rings (SSSR count). The van der Waals surface area contributed by atoms with Crippen molar-refractivity contribution >= 4 is 5.91 Å². The molecule has 0 radical (unpaired) electrons. The van der Waals surface area contributed by atoms with Crippen molar-refractivity contribution in [3.8, 4) is 5.75 Å². The highest BCUT2D eigenvalue weighted by Crippen LogP contribution is 2.16. The van der Waals surface area contributed by atoms with E-state index in [-0.39, 0.29) is 5.91 Å². The lowest BCUT2D eigenvalue weighted by Crippen LogP contribution is -2.26. The smallest absolute Gasteiger partial charge is 0.249 e. The highest BCUT2D eigenvalue weighted by atomic mass is 16.7. The maximum absolute atomic E-state index is 11.4. The Balaban J connectivity index is 2.43. The van der Waals surface area contributed by atoms with Crippen LogP contribution in [0.15, 0.2) is 18.2 Å². The zero-order valence-electron chi connectivity index (χ0n) is 10.8. The Bertz CT molecular complexity index is 370. The van der Waals surface area contributed by atoms with Crippen LogP contribution in [0.25, 0.3) is 0 Å². The van der Waals surface area contributed by atoms with Crippen LogP contribution in [0.2, 0.25) is 0 Å². The standard InChI is InChI=1S/C13H19NO3/c1-10-7-11(2)9-12(8-10)17-6-5-13(15)14(3)16-4/h7-9H,5-6H2,1-4H3. The molecule has 0 aliphatic rings. The second kappa shape index (κ2) is 6.25. The first kappa shape index (κ1) is 13.5. The second-order valence-corrected chi connectivity index (χ2v) is 4.00. The molecule has 0 saturated heterocycles. The largest absolute Gasteiger partial charge is 0.493 e. The van der Waals surface area contributed by atoms with Gasteiger partial charge in [0.05, 0.1) is 20.1 Å². The number of ether oxygens (including phenoxy) is 1. The number of rotatable bonds is 5. The minimum absolute atomic E-state index is 0.100. The quantitative estimate of drug-likeness (QED) is 0.736. The van der Waals surface area contributed by atoms with Crippen LogP contribution in [0, 0.1) is 13.8 Å². The Hall–Kier alpha value is -1.55. The molecule has 17 heavy (non-hydrogen) atoms. The van der Waals surface area contributed by atoms with E-state index in [1.165, 1.54) is 12.2 Å². The van der Waals surface area contributed by atoms with Gasteiger partial charge in [0.25, 0.3) is 0 Å². The summed E-state index contributed by atoms with van der Waals surface area (Å²) in [6, 6.07) is 5.99. The van der Waals surface area contributed by atoms with E-state index in [1.807, 2.05) is 26.0 Å². The zero-order chi connectivity index (χ0) is 12.8. The fourth-order valence-electron chi connectivity index (χ4n) is 1.53. The zero-order valence-corrected chi connectivity index (χ0v) is 10.8. The summed E-state index contributed by atoms with van der Waals surface area (Å²) in [5, 5.41) is 1.20. The molecule has 0 heterocycles. The number of hydroxylamine groups is 2. The maximum Gasteiger partial charge on any atom is 0.249 e. The van der Waals surface area contributed by atoms with Gasteiger partial charge in [-0.25, -0.2) is 5.06 Å². The Morgan fingerprint density at radius 3 is 2.35 bits per heavy atom. The average Bonchev–Trinajstić information content (AvgIpc) is 2.26. The molecule has 0 unspecified atom stereocenters. The van der Waals surface area contributed by atoms with Gasteiger partial charge in [-0.05, 0) is 37.1 Å². The van der Waals surface area contributed by atoms with Gasteiger partial charge in [-0.15, -0.1) is 0 Å². The fourth-order valence-corrected chi connectivity index (χ4v) is 1.53. The van der Waals surface area contributed by atoms with Crippen LogP contribution in [0.1, 0.15) is 17.5 Å². The third-order valence-electron chi connectivity index (χ3n) is 2.40. The van der Waals surface area contributed by atoms with E-state index in [4.69, 9.17) is 9.57 Å². The summed E-state index contributed by atoms with van der Waals surface area (Å²) in [6.07, 6.45) is 0.303. The SMILES string of the molecule is CON(C)C(=O)CCOc1cc(C)cc(C)c1. The Kier molecular flexibility index (Phi) is 4.97. The maximum atomic E-state index is 11.4. The molecule has 4 heteroatoms. The van der Waals surface area contributed by atoms with Crippen molar-refractivity contribution in [2.24, 2.45) is 0 Å². The van der Waals surface area contributed by atoms with E-state index < -0.39 is 0 Å². The summed E-state index contributed by atoms with van der Waals surface area (Å²) in [7, 11) is 3.04. The van der Waals surface area contributed by atoms with Crippen molar-refractivity contribution in [2.45, 2.75) is 20.3 Å². The van der Waals surface area contributed by atoms with Crippen molar-refractivity contribution in [2.75, 3.05) is 20.8 Å². The van der Waals surface area contributed by atoms with Gasteiger partial charge in [-0.3, -0.25) is 9.63 Å². The molecular weight excluding hydrogens is 218 g/mol. The van der Waals surface area contributed by atoms with Crippen molar-refractivity contribution < 1.29 is 14.4 Å². The summed E-state index contributed by atoms with van der Waals surface area (Å²) in [6.45, 7) is 4.39. The van der Waals surface area contributed by atoms with Crippen molar-refractivity contribution in [1.82, 2.24) is 5.06 Å². The molecule has 1 aromatic carbocycles. The first-order chi connectivity index (χ1) is 8.02. The fraction of sp³-hybridized carbons (Fsp3) is 0.462. The van der Waals surface area contributed by atoms with E-state index in [9.17, 15) is 4.79 Å². The van der Waals surface area contributed by atoms with Crippen LogP contribution < -0.4 is 4.74 Å². The predicted molar refractivity (Wildman–Crippen MR) is 65.8 cm³/mol. The van der Waals surface area contributed by atoms with E-state index >= 15 is 0 Å². The molecule has 4 nitrogen and oxygen atoms in total. The second-order valence-electron chi connectivity index (χ2n) is 4.00. The molecule has 0 atom stereocenters. The number of hydrogen-bond donors (Lipinski definition) is 0. The highest BCUT2D eigenvalue weighted by molar-refractivity contribution is 5.74. The minimum atomic E-state index is -0.100. The number of benzene rings is 1. The number of carbonyl (C=O) groups is 1. The van der Waals surface area contributed by atoms with Crippen molar-refractivity contribution in [3.63, 3.8) is 0 Å².